The van der Waals surface area contributed by atoms with Crippen LogP contribution in [-0.4, -0.2) is 22.6 Å². The Morgan fingerprint density at radius 1 is 1.10 bits per heavy atom. The van der Waals surface area contributed by atoms with Gasteiger partial charge in [-0.3, -0.25) is 9.59 Å². The van der Waals surface area contributed by atoms with E-state index in [4.69, 9.17) is 11.6 Å². The molecule has 2 aromatic carbocycles. The fourth-order valence-corrected chi connectivity index (χ4v) is 4.71. The van der Waals surface area contributed by atoms with Crippen LogP contribution >= 0.6 is 23.4 Å². The molecule has 0 atom stereocenters. The molecule has 0 spiro atoms. The molecule has 1 aromatic heterocycles. The smallest absolute Gasteiger partial charge is 0.251 e. The highest BCUT2D eigenvalue weighted by Gasteiger charge is 2.27. The van der Waals surface area contributed by atoms with Crippen molar-refractivity contribution in [2.75, 3.05) is 10.7 Å². The lowest BCUT2D eigenvalue weighted by Gasteiger charge is -2.30. The van der Waals surface area contributed by atoms with Crippen molar-refractivity contribution in [2.45, 2.75) is 32.0 Å². The molecule has 2 heterocycles. The number of hydrogen-bond donors (Lipinski definition) is 1. The lowest BCUT2D eigenvalue weighted by molar-refractivity contribution is -0.116. The van der Waals surface area contributed by atoms with Crippen LogP contribution in [0.4, 0.5) is 5.69 Å². The normalized spacial score (nSPS) is 13.1. The summed E-state index contributed by atoms with van der Waals surface area (Å²) in [5.74, 6) is 0.303. The van der Waals surface area contributed by atoms with Crippen LogP contribution in [0.5, 0.6) is 0 Å². The van der Waals surface area contributed by atoms with Gasteiger partial charge in [0.05, 0.1) is 18.0 Å². The SMILES string of the molecule is Cc1cc(C)c2c(n1)SCC(=O)N2Cc1ccc(C(=O)NCc2ccc(Cl)cc2)cc1. The van der Waals surface area contributed by atoms with Crippen molar-refractivity contribution in [3.05, 3.63) is 87.6 Å². The van der Waals surface area contributed by atoms with Crippen LogP contribution in [-0.2, 0) is 17.9 Å². The number of carbonyl (C=O) groups excluding carboxylic acids is 2. The number of anilines is 1. The van der Waals surface area contributed by atoms with Gasteiger partial charge in [-0.2, -0.15) is 0 Å². The molecule has 158 valence electrons. The van der Waals surface area contributed by atoms with Crippen LogP contribution in [0, 0.1) is 13.8 Å². The number of amides is 2. The summed E-state index contributed by atoms with van der Waals surface area (Å²) < 4.78 is 0. The van der Waals surface area contributed by atoms with Crippen molar-refractivity contribution in [3.63, 3.8) is 0 Å². The van der Waals surface area contributed by atoms with Crippen LogP contribution in [0.1, 0.15) is 32.7 Å². The summed E-state index contributed by atoms with van der Waals surface area (Å²) in [5, 5.41) is 4.48. The second-order valence-electron chi connectivity index (χ2n) is 7.51. The van der Waals surface area contributed by atoms with Crippen LogP contribution in [0.2, 0.25) is 5.02 Å². The summed E-state index contributed by atoms with van der Waals surface area (Å²) in [6.45, 7) is 4.85. The van der Waals surface area contributed by atoms with Gasteiger partial charge in [0, 0.05) is 22.8 Å². The quantitative estimate of drug-likeness (QED) is 0.598. The minimum Gasteiger partial charge on any atom is -0.348 e. The number of nitrogens with zero attached hydrogens (tertiary/aromatic N) is 2. The minimum absolute atomic E-state index is 0.0658. The number of hydrogen-bond acceptors (Lipinski definition) is 4. The average molecular weight is 452 g/mol. The van der Waals surface area contributed by atoms with E-state index < -0.39 is 0 Å². The van der Waals surface area contributed by atoms with Crippen molar-refractivity contribution in [3.8, 4) is 0 Å². The number of carbonyl (C=O) groups is 2. The molecule has 0 unspecified atom stereocenters. The molecule has 1 aliphatic rings. The molecule has 0 aliphatic carbocycles. The number of fused-ring (bicyclic) bond motifs is 1. The Morgan fingerprint density at radius 3 is 2.48 bits per heavy atom. The first-order chi connectivity index (χ1) is 14.9. The molecule has 0 fully saturated rings. The van der Waals surface area contributed by atoms with Gasteiger partial charge in [0.25, 0.3) is 5.91 Å². The number of rotatable bonds is 5. The molecule has 31 heavy (non-hydrogen) atoms. The molecule has 0 saturated heterocycles. The third-order valence-electron chi connectivity index (χ3n) is 5.11. The molecule has 5 nitrogen and oxygen atoms in total. The second-order valence-corrected chi connectivity index (χ2v) is 8.91. The molecule has 2 amide bonds. The Kier molecular flexibility index (Phi) is 6.30. The van der Waals surface area contributed by atoms with Crippen LogP contribution in [0.15, 0.2) is 59.6 Å². The fraction of sp³-hybridized carbons (Fsp3) is 0.208. The first-order valence-corrected chi connectivity index (χ1v) is 11.3. The Hall–Kier alpha value is -2.83. The molecule has 0 bridgehead atoms. The first kappa shape index (κ1) is 21.4. The maximum Gasteiger partial charge on any atom is 0.251 e. The monoisotopic (exact) mass is 451 g/mol. The van der Waals surface area contributed by atoms with Gasteiger partial charge in [-0.05, 0) is 60.9 Å². The molecular weight excluding hydrogens is 430 g/mol. The highest BCUT2D eigenvalue weighted by Crippen LogP contribution is 2.37. The van der Waals surface area contributed by atoms with Crippen LogP contribution in [0.3, 0.4) is 0 Å². The predicted octanol–water partition coefficient (Wildman–Crippen LogP) is 4.92. The van der Waals surface area contributed by atoms with E-state index >= 15 is 0 Å². The van der Waals surface area contributed by atoms with E-state index in [1.165, 1.54) is 11.8 Å². The average Bonchev–Trinajstić information content (AvgIpc) is 2.75. The zero-order chi connectivity index (χ0) is 22.0. The van der Waals surface area contributed by atoms with E-state index in [0.717, 1.165) is 33.1 Å². The maximum absolute atomic E-state index is 12.6. The van der Waals surface area contributed by atoms with Gasteiger partial charge in [-0.1, -0.05) is 47.6 Å². The summed E-state index contributed by atoms with van der Waals surface area (Å²) in [6.07, 6.45) is 0. The molecule has 1 N–H and O–H groups in total. The summed E-state index contributed by atoms with van der Waals surface area (Å²) in [6, 6.07) is 16.7. The molecule has 4 rings (SSSR count). The van der Waals surface area contributed by atoms with E-state index in [1.807, 2.05) is 44.2 Å². The summed E-state index contributed by atoms with van der Waals surface area (Å²) in [7, 11) is 0. The number of pyridine rings is 1. The predicted molar refractivity (Wildman–Crippen MR) is 125 cm³/mol. The Labute approximate surface area is 190 Å². The van der Waals surface area contributed by atoms with Gasteiger partial charge in [-0.15, -0.1) is 0 Å². The van der Waals surface area contributed by atoms with Gasteiger partial charge < -0.3 is 10.2 Å². The zero-order valence-corrected chi connectivity index (χ0v) is 18.9. The van der Waals surface area contributed by atoms with E-state index in [1.54, 1.807) is 29.2 Å². The number of nitrogens with one attached hydrogen (secondary N) is 1. The van der Waals surface area contributed by atoms with E-state index in [-0.39, 0.29) is 11.8 Å². The lowest BCUT2D eigenvalue weighted by atomic mass is 10.1. The molecule has 0 radical (unpaired) electrons. The summed E-state index contributed by atoms with van der Waals surface area (Å²) >= 11 is 7.38. The van der Waals surface area contributed by atoms with Crippen molar-refractivity contribution < 1.29 is 9.59 Å². The highest BCUT2D eigenvalue weighted by atomic mass is 35.5. The lowest BCUT2D eigenvalue weighted by Crippen LogP contribution is -2.35. The zero-order valence-electron chi connectivity index (χ0n) is 17.3. The molecule has 7 heteroatoms. The third kappa shape index (κ3) is 4.92. The summed E-state index contributed by atoms with van der Waals surface area (Å²) in [5.41, 5.74) is 5.39. The molecular formula is C24H22ClN3O2S. The topological polar surface area (TPSA) is 62.3 Å². The molecule has 1 aliphatic heterocycles. The minimum atomic E-state index is -0.146. The van der Waals surface area contributed by atoms with Crippen LogP contribution < -0.4 is 10.2 Å². The Balaban J connectivity index is 1.45. The largest absolute Gasteiger partial charge is 0.348 e. The molecule has 3 aromatic rings. The number of thioether (sulfide) groups is 1. The first-order valence-electron chi connectivity index (χ1n) is 9.93. The maximum atomic E-state index is 12.6. The molecule has 0 saturated carbocycles. The third-order valence-corrected chi connectivity index (χ3v) is 6.31. The summed E-state index contributed by atoms with van der Waals surface area (Å²) in [4.78, 5) is 31.5. The van der Waals surface area contributed by atoms with Crippen molar-refractivity contribution in [2.24, 2.45) is 0 Å². The van der Waals surface area contributed by atoms with Gasteiger partial charge in [0.2, 0.25) is 5.91 Å². The Bertz CT molecular complexity index is 1130. The van der Waals surface area contributed by atoms with Crippen molar-refractivity contribution >= 4 is 40.9 Å². The Morgan fingerprint density at radius 2 is 1.77 bits per heavy atom. The standard InChI is InChI=1S/C24H22ClN3O2S/c1-15-11-16(2)27-24-22(15)28(21(29)14-31-24)13-18-3-7-19(8-4-18)23(30)26-12-17-5-9-20(25)10-6-17/h3-11H,12-14H2,1-2H3,(H,26,30). The van der Waals surface area contributed by atoms with Crippen LogP contribution in [0.25, 0.3) is 0 Å². The fourth-order valence-electron chi connectivity index (χ4n) is 3.56. The van der Waals surface area contributed by atoms with E-state index in [2.05, 4.69) is 10.3 Å². The highest BCUT2D eigenvalue weighted by molar-refractivity contribution is 8.00. The van der Waals surface area contributed by atoms with Gasteiger partial charge in [0.1, 0.15) is 5.03 Å². The van der Waals surface area contributed by atoms with Gasteiger partial charge in [0.15, 0.2) is 0 Å². The van der Waals surface area contributed by atoms with Gasteiger partial charge >= 0.3 is 0 Å². The number of aryl methyl sites for hydroxylation is 2. The number of aromatic nitrogens is 1. The van der Waals surface area contributed by atoms with Crippen molar-refractivity contribution in [1.29, 1.82) is 0 Å². The number of benzene rings is 2. The van der Waals surface area contributed by atoms with E-state index in [9.17, 15) is 9.59 Å². The number of halogens is 1. The van der Waals surface area contributed by atoms with Gasteiger partial charge in [-0.25, -0.2) is 4.98 Å². The second kappa shape index (κ2) is 9.12. The van der Waals surface area contributed by atoms with Crippen molar-refractivity contribution in [1.82, 2.24) is 10.3 Å². The van der Waals surface area contributed by atoms with E-state index in [0.29, 0.717) is 29.4 Å².